The van der Waals surface area contributed by atoms with E-state index in [1.165, 1.54) is 24.3 Å². The molecule has 0 aliphatic carbocycles. The zero-order chi connectivity index (χ0) is 16.3. The van der Waals surface area contributed by atoms with Crippen molar-refractivity contribution in [2.45, 2.75) is 24.3 Å². The maximum atomic E-state index is 12.3. The number of aliphatic hydroxyl groups is 1. The second-order valence-corrected chi connectivity index (χ2v) is 7.25. The van der Waals surface area contributed by atoms with Gasteiger partial charge in [-0.1, -0.05) is 6.07 Å². The van der Waals surface area contributed by atoms with Gasteiger partial charge in [0.1, 0.15) is 5.69 Å². The van der Waals surface area contributed by atoms with Crippen molar-refractivity contribution in [1.82, 2.24) is 4.98 Å². The molecular formula is C16H17NO4S. The smallest absolute Gasteiger partial charge is 0.211 e. The zero-order valence-corrected chi connectivity index (χ0v) is 13.2. The number of ketones is 1. The van der Waals surface area contributed by atoms with Crippen LogP contribution in [0.25, 0.3) is 0 Å². The van der Waals surface area contributed by atoms with E-state index in [4.69, 9.17) is 0 Å². The van der Waals surface area contributed by atoms with E-state index in [9.17, 15) is 18.3 Å². The zero-order valence-electron chi connectivity index (χ0n) is 12.4. The van der Waals surface area contributed by atoms with Crippen molar-refractivity contribution in [1.29, 1.82) is 0 Å². The Morgan fingerprint density at radius 2 is 1.82 bits per heavy atom. The number of aromatic nitrogens is 1. The van der Waals surface area contributed by atoms with Crippen molar-refractivity contribution < 1.29 is 18.3 Å². The van der Waals surface area contributed by atoms with Gasteiger partial charge in [-0.25, -0.2) is 8.42 Å². The molecule has 1 aromatic carbocycles. The van der Waals surface area contributed by atoms with Crippen molar-refractivity contribution in [3.05, 3.63) is 59.4 Å². The Morgan fingerprint density at radius 1 is 1.18 bits per heavy atom. The first-order chi connectivity index (χ1) is 10.3. The highest BCUT2D eigenvalue weighted by molar-refractivity contribution is 7.90. The third-order valence-corrected chi connectivity index (χ3v) is 4.26. The lowest BCUT2D eigenvalue weighted by Gasteiger charge is -2.05. The predicted octanol–water partition coefficient (Wildman–Crippen LogP) is 1.64. The molecule has 0 aliphatic heterocycles. The molecule has 1 atom stereocenters. The Bertz CT molecular complexity index is 763. The molecule has 1 N–H and O–H groups in total. The number of pyridine rings is 1. The highest BCUT2D eigenvalue weighted by atomic mass is 32.2. The fourth-order valence-corrected chi connectivity index (χ4v) is 2.65. The molecule has 5 nitrogen and oxygen atoms in total. The number of benzene rings is 1. The molecule has 116 valence electrons. The fourth-order valence-electron chi connectivity index (χ4n) is 2.02. The summed E-state index contributed by atoms with van der Waals surface area (Å²) in [7, 11) is -3.28. The third kappa shape index (κ3) is 3.99. The molecule has 1 aromatic heterocycles. The molecule has 2 aromatic rings. The minimum Gasteiger partial charge on any atom is -0.393 e. The van der Waals surface area contributed by atoms with Gasteiger partial charge in [-0.05, 0) is 49.2 Å². The second-order valence-electron chi connectivity index (χ2n) is 5.23. The quantitative estimate of drug-likeness (QED) is 0.847. The van der Waals surface area contributed by atoms with Crippen LogP contribution in [0.5, 0.6) is 0 Å². The molecule has 0 radical (unpaired) electrons. The Morgan fingerprint density at radius 3 is 2.27 bits per heavy atom. The standard InChI is InChI=1S/C16H17NO4S/c1-11(18)9-12-3-8-15(17-10-12)16(19)13-4-6-14(7-5-13)22(2,20)21/h3-8,10-11,18H,9H2,1-2H3. The van der Waals surface area contributed by atoms with Gasteiger partial charge in [-0.2, -0.15) is 0 Å². The van der Waals surface area contributed by atoms with Crippen LogP contribution in [0.2, 0.25) is 0 Å². The maximum Gasteiger partial charge on any atom is 0.211 e. The Kier molecular flexibility index (Phi) is 4.73. The van der Waals surface area contributed by atoms with Gasteiger partial charge in [-0.3, -0.25) is 9.78 Å². The molecule has 0 saturated carbocycles. The molecular weight excluding hydrogens is 302 g/mol. The summed E-state index contributed by atoms with van der Waals surface area (Å²) >= 11 is 0. The molecule has 0 aliphatic rings. The van der Waals surface area contributed by atoms with Gasteiger partial charge in [0.2, 0.25) is 5.78 Å². The first-order valence-electron chi connectivity index (χ1n) is 6.75. The number of hydrogen-bond acceptors (Lipinski definition) is 5. The van der Waals surface area contributed by atoms with Crippen LogP contribution in [0.15, 0.2) is 47.5 Å². The largest absolute Gasteiger partial charge is 0.393 e. The van der Waals surface area contributed by atoms with E-state index in [-0.39, 0.29) is 16.4 Å². The summed E-state index contributed by atoms with van der Waals surface area (Å²) in [6.45, 7) is 1.68. The molecule has 0 bridgehead atoms. The Labute approximate surface area is 129 Å². The summed E-state index contributed by atoms with van der Waals surface area (Å²) in [5, 5.41) is 9.31. The monoisotopic (exact) mass is 319 g/mol. The lowest BCUT2D eigenvalue weighted by molar-refractivity contribution is 0.103. The van der Waals surface area contributed by atoms with Crippen LogP contribution in [-0.2, 0) is 16.3 Å². The summed E-state index contributed by atoms with van der Waals surface area (Å²) in [6.07, 6.45) is 2.69. The van der Waals surface area contributed by atoms with Crippen molar-refractivity contribution >= 4 is 15.6 Å². The van der Waals surface area contributed by atoms with Crippen molar-refractivity contribution in [3.63, 3.8) is 0 Å². The molecule has 0 fully saturated rings. The van der Waals surface area contributed by atoms with E-state index in [0.717, 1.165) is 11.8 Å². The molecule has 0 amide bonds. The first kappa shape index (κ1) is 16.3. The number of rotatable bonds is 5. The molecule has 2 rings (SSSR count). The third-order valence-electron chi connectivity index (χ3n) is 3.13. The van der Waals surface area contributed by atoms with Crippen LogP contribution in [-0.4, -0.2) is 36.7 Å². The van der Waals surface area contributed by atoms with Gasteiger partial charge >= 0.3 is 0 Å². The Hall–Kier alpha value is -2.05. The van der Waals surface area contributed by atoms with Gasteiger partial charge < -0.3 is 5.11 Å². The van der Waals surface area contributed by atoms with E-state index >= 15 is 0 Å². The molecule has 1 unspecified atom stereocenters. The van der Waals surface area contributed by atoms with Crippen molar-refractivity contribution in [3.8, 4) is 0 Å². The average molecular weight is 319 g/mol. The van der Waals surface area contributed by atoms with Gasteiger partial charge in [-0.15, -0.1) is 0 Å². The van der Waals surface area contributed by atoms with E-state index in [1.54, 1.807) is 25.3 Å². The lowest BCUT2D eigenvalue weighted by Crippen LogP contribution is -2.08. The minimum atomic E-state index is -3.28. The summed E-state index contributed by atoms with van der Waals surface area (Å²) in [5.74, 6) is -0.274. The first-order valence-corrected chi connectivity index (χ1v) is 8.64. The number of hydrogen-bond donors (Lipinski definition) is 1. The van der Waals surface area contributed by atoms with Crippen molar-refractivity contribution in [2.75, 3.05) is 6.26 Å². The highest BCUT2D eigenvalue weighted by Crippen LogP contribution is 2.14. The molecule has 1 heterocycles. The molecule has 0 spiro atoms. The maximum absolute atomic E-state index is 12.3. The van der Waals surface area contributed by atoms with Crippen LogP contribution >= 0.6 is 0 Å². The van der Waals surface area contributed by atoms with Crippen LogP contribution in [0.3, 0.4) is 0 Å². The van der Waals surface area contributed by atoms with Gasteiger partial charge in [0.25, 0.3) is 0 Å². The summed E-state index contributed by atoms with van der Waals surface area (Å²) < 4.78 is 22.8. The molecule has 0 saturated heterocycles. The normalized spacial score (nSPS) is 12.9. The van der Waals surface area contributed by atoms with Crippen LogP contribution in [0.4, 0.5) is 0 Å². The topological polar surface area (TPSA) is 84.3 Å². The lowest BCUT2D eigenvalue weighted by atomic mass is 10.1. The Balaban J connectivity index is 2.21. The minimum absolute atomic E-state index is 0.171. The van der Waals surface area contributed by atoms with E-state index < -0.39 is 15.9 Å². The van der Waals surface area contributed by atoms with Crippen LogP contribution in [0.1, 0.15) is 28.5 Å². The second kappa shape index (κ2) is 6.37. The molecule has 22 heavy (non-hydrogen) atoms. The number of nitrogens with zero attached hydrogens (tertiary/aromatic N) is 1. The summed E-state index contributed by atoms with van der Waals surface area (Å²) in [6, 6.07) is 9.12. The average Bonchev–Trinajstić information content (AvgIpc) is 2.46. The van der Waals surface area contributed by atoms with Crippen molar-refractivity contribution in [2.24, 2.45) is 0 Å². The number of sulfone groups is 1. The van der Waals surface area contributed by atoms with E-state index in [2.05, 4.69) is 4.98 Å². The van der Waals surface area contributed by atoms with E-state index in [0.29, 0.717) is 12.0 Å². The van der Waals surface area contributed by atoms with Gasteiger partial charge in [0, 0.05) is 18.0 Å². The number of aliphatic hydroxyl groups excluding tert-OH is 1. The molecule has 6 heteroatoms. The predicted molar refractivity (Wildman–Crippen MR) is 82.6 cm³/mol. The van der Waals surface area contributed by atoms with E-state index in [1.807, 2.05) is 0 Å². The van der Waals surface area contributed by atoms with Crippen LogP contribution in [0, 0.1) is 0 Å². The van der Waals surface area contributed by atoms with Gasteiger partial charge in [0.15, 0.2) is 9.84 Å². The summed E-state index contributed by atoms with van der Waals surface area (Å²) in [4.78, 5) is 16.6. The number of carbonyl (C=O) groups excluding carboxylic acids is 1. The SMILES string of the molecule is CC(O)Cc1ccc(C(=O)c2ccc(S(C)(=O)=O)cc2)nc1. The fraction of sp³-hybridized carbons (Fsp3) is 0.250. The van der Waals surface area contributed by atoms with Gasteiger partial charge in [0.05, 0.1) is 11.0 Å². The van der Waals surface area contributed by atoms with Crippen LogP contribution < -0.4 is 0 Å². The number of carbonyl (C=O) groups is 1. The highest BCUT2D eigenvalue weighted by Gasteiger charge is 2.13. The summed E-state index contributed by atoms with van der Waals surface area (Å²) in [5.41, 5.74) is 1.50.